The number of thiophene rings is 1. The van der Waals surface area contributed by atoms with Crippen molar-refractivity contribution in [2.24, 2.45) is 5.92 Å². The molecular formula is C15H15BrN2S2. The first kappa shape index (κ1) is 14.0. The molecule has 1 atom stereocenters. The van der Waals surface area contributed by atoms with Crippen molar-refractivity contribution in [2.75, 3.05) is 5.32 Å². The summed E-state index contributed by atoms with van der Waals surface area (Å²) >= 11 is 7.00. The smallest absolute Gasteiger partial charge is 0.184 e. The molecule has 3 rings (SSSR count). The van der Waals surface area contributed by atoms with Gasteiger partial charge in [0.15, 0.2) is 5.13 Å². The monoisotopic (exact) mass is 366 g/mol. The van der Waals surface area contributed by atoms with E-state index in [1.54, 1.807) is 22.7 Å². The van der Waals surface area contributed by atoms with Crippen LogP contribution in [0, 0.1) is 5.92 Å². The lowest BCUT2D eigenvalue weighted by Crippen LogP contribution is -2.15. The van der Waals surface area contributed by atoms with Crippen molar-refractivity contribution in [3.8, 4) is 0 Å². The van der Waals surface area contributed by atoms with Crippen LogP contribution in [0.2, 0.25) is 0 Å². The highest BCUT2D eigenvalue weighted by atomic mass is 79.9. The number of rotatable bonds is 4. The first-order valence-electron chi connectivity index (χ1n) is 6.49. The largest absolute Gasteiger partial charge is 0.354 e. The predicted molar refractivity (Wildman–Crippen MR) is 92.8 cm³/mol. The van der Waals surface area contributed by atoms with Crippen molar-refractivity contribution in [1.82, 2.24) is 4.98 Å². The summed E-state index contributed by atoms with van der Waals surface area (Å²) in [7, 11) is 0. The molecule has 1 unspecified atom stereocenters. The summed E-state index contributed by atoms with van der Waals surface area (Å²) < 4.78 is 2.28. The first-order chi connectivity index (χ1) is 9.63. The van der Waals surface area contributed by atoms with Gasteiger partial charge in [0, 0.05) is 9.35 Å². The van der Waals surface area contributed by atoms with Gasteiger partial charge in [-0.15, -0.1) is 11.3 Å². The van der Waals surface area contributed by atoms with Crippen LogP contribution in [0.15, 0.2) is 40.2 Å². The van der Waals surface area contributed by atoms with Crippen molar-refractivity contribution in [3.05, 3.63) is 45.1 Å². The highest BCUT2D eigenvalue weighted by Gasteiger charge is 2.18. The summed E-state index contributed by atoms with van der Waals surface area (Å²) in [4.78, 5) is 6.05. The summed E-state index contributed by atoms with van der Waals surface area (Å²) in [5, 5.41) is 6.71. The van der Waals surface area contributed by atoms with Gasteiger partial charge in [0.05, 0.1) is 16.3 Å². The highest BCUT2D eigenvalue weighted by molar-refractivity contribution is 9.10. The van der Waals surface area contributed by atoms with E-state index in [0.717, 1.165) is 15.1 Å². The molecule has 104 valence electrons. The van der Waals surface area contributed by atoms with Crippen molar-refractivity contribution in [1.29, 1.82) is 0 Å². The number of benzene rings is 1. The lowest BCUT2D eigenvalue weighted by Gasteiger charge is -2.20. The summed E-state index contributed by atoms with van der Waals surface area (Å²) in [6.07, 6.45) is 0. The Hall–Kier alpha value is -0.910. The number of hydrogen-bond donors (Lipinski definition) is 1. The van der Waals surface area contributed by atoms with E-state index in [0.29, 0.717) is 12.0 Å². The van der Waals surface area contributed by atoms with Crippen LogP contribution in [0.25, 0.3) is 10.2 Å². The number of fused-ring (bicyclic) bond motifs is 1. The van der Waals surface area contributed by atoms with Gasteiger partial charge in [-0.2, -0.15) is 0 Å². The van der Waals surface area contributed by atoms with E-state index in [1.807, 2.05) is 0 Å². The lowest BCUT2D eigenvalue weighted by molar-refractivity contribution is 0.553. The normalized spacial score (nSPS) is 13.0. The van der Waals surface area contributed by atoms with Crippen LogP contribution in [-0.4, -0.2) is 4.98 Å². The van der Waals surface area contributed by atoms with Gasteiger partial charge in [0.2, 0.25) is 0 Å². The number of nitrogens with one attached hydrogen (secondary N) is 1. The van der Waals surface area contributed by atoms with E-state index in [9.17, 15) is 0 Å². The number of nitrogens with zero attached hydrogens (tertiary/aromatic N) is 1. The Balaban J connectivity index is 1.90. The number of halogens is 1. The molecule has 0 saturated heterocycles. The molecule has 1 aromatic carbocycles. The predicted octanol–water partition coefficient (Wildman–Crippen LogP) is 5.93. The van der Waals surface area contributed by atoms with Gasteiger partial charge in [-0.05, 0) is 35.6 Å². The van der Waals surface area contributed by atoms with Gasteiger partial charge < -0.3 is 5.32 Å². The second-order valence-corrected chi connectivity index (χ2v) is 7.94. The van der Waals surface area contributed by atoms with Crippen LogP contribution >= 0.6 is 38.6 Å². The van der Waals surface area contributed by atoms with Crippen LogP contribution in [-0.2, 0) is 0 Å². The molecule has 5 heteroatoms. The van der Waals surface area contributed by atoms with Crippen molar-refractivity contribution in [2.45, 2.75) is 19.9 Å². The van der Waals surface area contributed by atoms with Crippen LogP contribution in [0.3, 0.4) is 0 Å². The van der Waals surface area contributed by atoms with E-state index in [4.69, 9.17) is 0 Å². The minimum atomic E-state index is 0.319. The fraction of sp³-hybridized carbons (Fsp3) is 0.267. The molecule has 2 nitrogen and oxygen atoms in total. The highest BCUT2D eigenvalue weighted by Crippen LogP contribution is 2.34. The average molecular weight is 367 g/mol. The third kappa shape index (κ3) is 2.90. The molecule has 0 aliphatic rings. The zero-order chi connectivity index (χ0) is 14.1. The molecule has 1 N–H and O–H groups in total. The lowest BCUT2D eigenvalue weighted by atomic mass is 10.0. The molecule has 0 radical (unpaired) electrons. The molecule has 2 aromatic heterocycles. The summed E-state index contributed by atoms with van der Waals surface area (Å²) in [5.41, 5.74) is 1.04. The maximum absolute atomic E-state index is 4.69. The Morgan fingerprint density at radius 1 is 1.25 bits per heavy atom. The first-order valence-corrected chi connectivity index (χ1v) is 8.98. The van der Waals surface area contributed by atoms with E-state index < -0.39 is 0 Å². The molecule has 0 amide bonds. The summed E-state index contributed by atoms with van der Waals surface area (Å²) in [6, 6.07) is 10.8. The second-order valence-electron chi connectivity index (χ2n) is 5.01. The molecule has 0 fully saturated rings. The molecule has 0 saturated carbocycles. The molecule has 0 bridgehead atoms. The zero-order valence-corrected chi connectivity index (χ0v) is 14.5. The molecule has 0 aliphatic heterocycles. The minimum Gasteiger partial charge on any atom is -0.354 e. The Labute approximate surface area is 135 Å². The molecule has 2 heterocycles. The zero-order valence-electron chi connectivity index (χ0n) is 11.3. The van der Waals surface area contributed by atoms with Crippen LogP contribution in [0.4, 0.5) is 5.13 Å². The standard InChI is InChI=1S/C15H15BrN2S2/c1-9(2)14(13-4-3-7-19-13)18-15-17-11-8-10(16)5-6-12(11)20-15/h3-9,14H,1-2H3,(H,17,18). The van der Waals surface area contributed by atoms with Gasteiger partial charge >= 0.3 is 0 Å². The number of hydrogen-bond acceptors (Lipinski definition) is 4. The summed E-state index contributed by atoms with van der Waals surface area (Å²) in [5.74, 6) is 0.521. The molecular weight excluding hydrogens is 352 g/mol. The minimum absolute atomic E-state index is 0.319. The third-order valence-electron chi connectivity index (χ3n) is 3.14. The average Bonchev–Trinajstić information content (AvgIpc) is 3.03. The van der Waals surface area contributed by atoms with E-state index in [2.05, 4.69) is 75.8 Å². The quantitative estimate of drug-likeness (QED) is 0.618. The molecule has 0 spiro atoms. The van der Waals surface area contributed by atoms with E-state index in [-0.39, 0.29) is 0 Å². The molecule has 0 aliphatic carbocycles. The van der Waals surface area contributed by atoms with Crippen molar-refractivity contribution >= 4 is 54.0 Å². The van der Waals surface area contributed by atoms with Gasteiger partial charge in [0.1, 0.15) is 0 Å². The maximum atomic E-state index is 4.69. The fourth-order valence-electron chi connectivity index (χ4n) is 2.13. The number of thiazole rings is 1. The van der Waals surface area contributed by atoms with Gasteiger partial charge in [0.25, 0.3) is 0 Å². The summed E-state index contributed by atoms with van der Waals surface area (Å²) in [6.45, 7) is 4.47. The second kappa shape index (κ2) is 5.84. The number of anilines is 1. The van der Waals surface area contributed by atoms with Crippen molar-refractivity contribution < 1.29 is 0 Å². The Bertz CT molecular complexity index is 704. The SMILES string of the molecule is CC(C)C(Nc1nc2cc(Br)ccc2s1)c1cccs1. The molecule has 3 aromatic rings. The topological polar surface area (TPSA) is 24.9 Å². The Morgan fingerprint density at radius 3 is 2.80 bits per heavy atom. The van der Waals surface area contributed by atoms with Gasteiger partial charge in [-0.3, -0.25) is 0 Å². The van der Waals surface area contributed by atoms with Gasteiger partial charge in [-0.25, -0.2) is 4.98 Å². The van der Waals surface area contributed by atoms with Crippen LogP contribution in [0.1, 0.15) is 24.8 Å². The number of aromatic nitrogens is 1. The fourth-order valence-corrected chi connectivity index (χ4v) is 4.31. The molecule has 20 heavy (non-hydrogen) atoms. The Kier molecular flexibility index (Phi) is 4.10. The maximum Gasteiger partial charge on any atom is 0.184 e. The van der Waals surface area contributed by atoms with Gasteiger partial charge in [-0.1, -0.05) is 47.2 Å². The van der Waals surface area contributed by atoms with E-state index >= 15 is 0 Å². The van der Waals surface area contributed by atoms with E-state index in [1.165, 1.54) is 9.58 Å². The third-order valence-corrected chi connectivity index (χ3v) is 5.56. The van der Waals surface area contributed by atoms with Crippen LogP contribution in [0.5, 0.6) is 0 Å². The Morgan fingerprint density at radius 2 is 2.10 bits per heavy atom. The van der Waals surface area contributed by atoms with Crippen LogP contribution < -0.4 is 5.32 Å². The van der Waals surface area contributed by atoms with Crippen molar-refractivity contribution in [3.63, 3.8) is 0 Å².